The van der Waals surface area contributed by atoms with E-state index in [4.69, 9.17) is 39.9 Å². The Bertz CT molecular complexity index is 1370. The zero-order valence-corrected chi connectivity index (χ0v) is 25.9. The molecule has 8 heteroatoms. The highest BCUT2D eigenvalue weighted by molar-refractivity contribution is 6.35. The van der Waals surface area contributed by atoms with Gasteiger partial charge in [0.2, 0.25) is 0 Å². The van der Waals surface area contributed by atoms with Crippen molar-refractivity contribution >= 4 is 40.7 Å². The predicted octanol–water partition coefficient (Wildman–Crippen LogP) is 8.51. The third kappa shape index (κ3) is 6.54. The van der Waals surface area contributed by atoms with E-state index < -0.39 is 0 Å². The number of aromatic nitrogens is 2. The van der Waals surface area contributed by atoms with Crippen molar-refractivity contribution in [3.63, 3.8) is 0 Å². The van der Waals surface area contributed by atoms with Crippen molar-refractivity contribution in [2.45, 2.75) is 65.7 Å². The van der Waals surface area contributed by atoms with Gasteiger partial charge < -0.3 is 10.6 Å². The Hall–Kier alpha value is -2.05. The molecule has 5 rings (SSSR count). The molecule has 0 saturated heterocycles. The Labute approximate surface area is 253 Å². The number of rotatable bonds is 9. The molecular weight excluding hydrogens is 563 g/mol. The van der Waals surface area contributed by atoms with E-state index >= 15 is 0 Å². The summed E-state index contributed by atoms with van der Waals surface area (Å²) in [7, 11) is 0. The van der Waals surface area contributed by atoms with Gasteiger partial charge in [0.05, 0.1) is 16.4 Å². The van der Waals surface area contributed by atoms with Crippen molar-refractivity contribution in [2.75, 3.05) is 19.6 Å². The van der Waals surface area contributed by atoms with Crippen molar-refractivity contribution in [2.24, 2.45) is 16.7 Å². The van der Waals surface area contributed by atoms with E-state index in [-0.39, 0.29) is 5.91 Å². The molecule has 1 aromatic heterocycles. The predicted molar refractivity (Wildman–Crippen MR) is 166 cm³/mol. The van der Waals surface area contributed by atoms with Crippen LogP contribution < -0.4 is 10.6 Å². The Morgan fingerprint density at radius 3 is 2.50 bits per heavy atom. The second kappa shape index (κ2) is 12.1. The quantitative estimate of drug-likeness (QED) is 0.242. The minimum absolute atomic E-state index is 0.210. The number of benzene rings is 2. The average molecular weight is 602 g/mol. The molecule has 3 unspecified atom stereocenters. The second-order valence-electron chi connectivity index (χ2n) is 12.6. The number of nitrogens with zero attached hydrogens (tertiary/aromatic N) is 2. The van der Waals surface area contributed by atoms with Crippen LogP contribution in [0.2, 0.25) is 15.1 Å². The summed E-state index contributed by atoms with van der Waals surface area (Å²) in [5.41, 5.74) is 4.40. The summed E-state index contributed by atoms with van der Waals surface area (Å²) in [5, 5.41) is 12.9. The van der Waals surface area contributed by atoms with E-state index in [2.05, 4.69) is 24.5 Å². The highest BCUT2D eigenvalue weighted by atomic mass is 35.5. The summed E-state index contributed by atoms with van der Waals surface area (Å²) in [5.74, 6) is 0.693. The van der Waals surface area contributed by atoms with Crippen LogP contribution in [-0.2, 0) is 0 Å². The number of fused-ring (bicyclic) bond motifs is 2. The number of carbonyl (C=O) groups is 1. The Kier molecular flexibility index (Phi) is 8.87. The molecular formula is C32H39Cl3N4O. The lowest BCUT2D eigenvalue weighted by Crippen LogP contribution is -2.41. The second-order valence-corrected chi connectivity index (χ2v) is 13.8. The first-order valence-corrected chi connectivity index (χ1v) is 15.5. The molecule has 0 aliphatic heterocycles. The van der Waals surface area contributed by atoms with E-state index in [9.17, 15) is 4.79 Å². The number of hydrogen-bond acceptors (Lipinski definition) is 3. The minimum Gasteiger partial charge on any atom is -0.349 e. The van der Waals surface area contributed by atoms with E-state index in [1.165, 1.54) is 44.9 Å². The van der Waals surface area contributed by atoms with Crippen LogP contribution in [0.15, 0.2) is 42.5 Å². The van der Waals surface area contributed by atoms with Gasteiger partial charge in [0.25, 0.3) is 5.91 Å². The molecule has 2 saturated carbocycles. The van der Waals surface area contributed by atoms with Crippen LogP contribution in [0.5, 0.6) is 0 Å². The molecule has 2 aliphatic carbocycles. The van der Waals surface area contributed by atoms with Gasteiger partial charge in [0.1, 0.15) is 0 Å². The van der Waals surface area contributed by atoms with Crippen LogP contribution in [0.1, 0.15) is 74.8 Å². The topological polar surface area (TPSA) is 59.0 Å². The van der Waals surface area contributed by atoms with Crippen molar-refractivity contribution < 1.29 is 4.79 Å². The highest BCUT2D eigenvalue weighted by Crippen LogP contribution is 2.56. The smallest absolute Gasteiger partial charge is 0.272 e. The maximum absolute atomic E-state index is 13.3. The van der Waals surface area contributed by atoms with Crippen molar-refractivity contribution in [3.05, 3.63) is 68.8 Å². The molecule has 3 aromatic rings. The minimum atomic E-state index is -0.210. The molecule has 1 amide bonds. The van der Waals surface area contributed by atoms with Gasteiger partial charge in [-0.1, -0.05) is 73.6 Å². The molecule has 3 atom stereocenters. The molecule has 2 N–H and O–H groups in total. The van der Waals surface area contributed by atoms with Gasteiger partial charge in [0, 0.05) is 34.3 Å². The summed E-state index contributed by atoms with van der Waals surface area (Å²) in [6.07, 6.45) is 9.49. The molecule has 40 heavy (non-hydrogen) atoms. The summed E-state index contributed by atoms with van der Waals surface area (Å²) in [6, 6.07) is 12.7. The maximum atomic E-state index is 13.3. The fourth-order valence-corrected chi connectivity index (χ4v) is 8.01. The van der Waals surface area contributed by atoms with Gasteiger partial charge in [-0.05, 0) is 92.7 Å². The molecule has 0 spiro atoms. The summed E-state index contributed by atoms with van der Waals surface area (Å²) >= 11 is 18.8. The van der Waals surface area contributed by atoms with Gasteiger partial charge in [-0.3, -0.25) is 4.79 Å². The highest BCUT2D eigenvalue weighted by Gasteiger charge is 2.44. The molecule has 2 bridgehead atoms. The zero-order chi connectivity index (χ0) is 28.5. The first-order chi connectivity index (χ1) is 19.1. The lowest BCUT2D eigenvalue weighted by Gasteiger charge is -2.51. The van der Waals surface area contributed by atoms with Gasteiger partial charge in [-0.25, -0.2) is 4.68 Å². The van der Waals surface area contributed by atoms with E-state index in [1.807, 2.05) is 37.3 Å². The van der Waals surface area contributed by atoms with Crippen LogP contribution >= 0.6 is 34.8 Å². The van der Waals surface area contributed by atoms with Gasteiger partial charge in [-0.15, -0.1) is 0 Å². The van der Waals surface area contributed by atoms with Gasteiger partial charge >= 0.3 is 0 Å². The van der Waals surface area contributed by atoms with Gasteiger partial charge in [0.15, 0.2) is 5.69 Å². The molecule has 2 aliphatic rings. The number of nitrogens with one attached hydrogen (secondary N) is 2. The van der Waals surface area contributed by atoms with Crippen LogP contribution in [0.25, 0.3) is 16.9 Å². The zero-order valence-electron chi connectivity index (χ0n) is 23.6. The third-order valence-corrected chi connectivity index (χ3v) is 9.68. The van der Waals surface area contributed by atoms with Crippen LogP contribution in [0.3, 0.4) is 0 Å². The van der Waals surface area contributed by atoms with Gasteiger partial charge in [-0.2, -0.15) is 5.10 Å². The normalized spacial score (nSPS) is 24.2. The summed E-state index contributed by atoms with van der Waals surface area (Å²) in [4.78, 5) is 13.3. The monoisotopic (exact) mass is 600 g/mol. The number of carbonyl (C=O) groups excluding carboxylic acids is 1. The lowest BCUT2D eigenvalue weighted by molar-refractivity contribution is -0.000739. The van der Waals surface area contributed by atoms with E-state index in [0.717, 1.165) is 35.8 Å². The largest absolute Gasteiger partial charge is 0.349 e. The van der Waals surface area contributed by atoms with Crippen LogP contribution in [-0.4, -0.2) is 35.3 Å². The fraction of sp³-hybridized carbons (Fsp3) is 0.500. The summed E-state index contributed by atoms with van der Waals surface area (Å²) < 4.78 is 1.71. The Morgan fingerprint density at radius 1 is 1.02 bits per heavy atom. The first kappa shape index (κ1) is 29.4. The standard InChI is InChI=1S/C32H39Cl3N4O/c1-21-28(30(40)37-16-15-36-14-13-32(3)19-22-5-4-12-31(2,18-22)20-32)38-39(27-11-10-25(34)17-26(27)35)29(21)23-6-8-24(33)9-7-23/h6-11,17,22,36H,4-5,12-16,18-20H2,1-3H3,(H,37,40). The van der Waals surface area contributed by atoms with E-state index in [1.54, 1.807) is 16.8 Å². The number of hydrogen-bond donors (Lipinski definition) is 2. The molecule has 5 nitrogen and oxygen atoms in total. The van der Waals surface area contributed by atoms with Crippen molar-refractivity contribution in [1.82, 2.24) is 20.4 Å². The maximum Gasteiger partial charge on any atom is 0.272 e. The summed E-state index contributed by atoms with van der Waals surface area (Å²) in [6.45, 7) is 9.11. The van der Waals surface area contributed by atoms with Crippen LogP contribution in [0.4, 0.5) is 0 Å². The number of halogens is 3. The average Bonchev–Trinajstić information content (AvgIpc) is 3.22. The fourth-order valence-electron chi connectivity index (χ4n) is 7.39. The molecule has 2 fully saturated rings. The van der Waals surface area contributed by atoms with Crippen molar-refractivity contribution in [3.8, 4) is 16.9 Å². The lowest BCUT2D eigenvalue weighted by atomic mass is 9.54. The molecule has 2 aromatic carbocycles. The molecule has 0 radical (unpaired) electrons. The first-order valence-electron chi connectivity index (χ1n) is 14.4. The van der Waals surface area contributed by atoms with E-state index in [0.29, 0.717) is 43.8 Å². The third-order valence-electron chi connectivity index (χ3n) is 8.89. The Balaban J connectivity index is 1.22. The SMILES string of the molecule is Cc1c(C(=O)NCCNCCC2(C)CC3CCCC(C)(C3)C2)nn(-c2ccc(Cl)cc2Cl)c1-c1ccc(Cl)cc1. The molecule has 214 valence electrons. The van der Waals surface area contributed by atoms with Crippen molar-refractivity contribution in [1.29, 1.82) is 0 Å². The molecule has 1 heterocycles. The Morgan fingerprint density at radius 2 is 1.77 bits per heavy atom. The number of amides is 1. The van der Waals surface area contributed by atoms with Crippen LogP contribution in [0, 0.1) is 23.7 Å².